The molecule has 2 rings (SSSR count). The van der Waals surface area contributed by atoms with Crippen LogP contribution in [0, 0.1) is 22.2 Å². The molecule has 116 valence electrons. The lowest BCUT2D eigenvalue weighted by molar-refractivity contribution is -0.151. The summed E-state index contributed by atoms with van der Waals surface area (Å²) in [4.78, 5) is 23.4. The van der Waals surface area contributed by atoms with Gasteiger partial charge >= 0.3 is 11.9 Å². The Kier molecular flexibility index (Phi) is 3.31. The number of hydrogen-bond donors (Lipinski definition) is 2. The van der Waals surface area contributed by atoms with Crippen molar-refractivity contribution < 1.29 is 24.2 Å². The largest absolute Gasteiger partial charge is 0.480 e. The van der Waals surface area contributed by atoms with E-state index in [0.717, 1.165) is 18.9 Å². The van der Waals surface area contributed by atoms with Crippen LogP contribution in [0.4, 0.5) is 4.39 Å². The lowest BCUT2D eigenvalue weighted by Gasteiger charge is -2.43. The van der Waals surface area contributed by atoms with Gasteiger partial charge in [0.15, 0.2) is 0 Å². The van der Waals surface area contributed by atoms with Gasteiger partial charge in [0.2, 0.25) is 0 Å². The lowest BCUT2D eigenvalue weighted by Crippen LogP contribution is -2.47. The Morgan fingerprint density at radius 2 is 1.71 bits per heavy atom. The number of rotatable bonds is 3. The molecule has 2 N–H and O–H groups in total. The summed E-state index contributed by atoms with van der Waals surface area (Å²) in [5.74, 6) is -3.29. The van der Waals surface area contributed by atoms with Crippen molar-refractivity contribution in [1.82, 2.24) is 0 Å². The average molecular weight is 296 g/mol. The quantitative estimate of drug-likeness (QED) is 0.783. The summed E-state index contributed by atoms with van der Waals surface area (Å²) in [6.45, 7) is 6.39. The molecule has 1 saturated carbocycles. The molecule has 0 amide bonds. The molecule has 0 saturated heterocycles. The molecule has 0 aromatic carbocycles. The SMILES string of the molecule is CC1(C(=O)O)C=C(F)C(C(=O)O)(C(C)(C)C)C=C1C1CC1. The van der Waals surface area contributed by atoms with E-state index >= 15 is 0 Å². The van der Waals surface area contributed by atoms with Crippen LogP contribution in [0.25, 0.3) is 0 Å². The molecule has 0 aromatic heterocycles. The van der Waals surface area contributed by atoms with Crippen LogP contribution in [0.3, 0.4) is 0 Å². The molecule has 2 unspecified atom stereocenters. The standard InChI is InChI=1S/C16H21FO4/c1-14(2,3)16(13(20)21)7-10(9-5-6-9)15(4,12(18)19)8-11(16)17/h7-9H,5-6H2,1-4H3,(H,18,19)(H,20,21). The van der Waals surface area contributed by atoms with Crippen LogP contribution in [-0.2, 0) is 9.59 Å². The van der Waals surface area contributed by atoms with Gasteiger partial charge in [-0.15, -0.1) is 0 Å². The Labute approximate surface area is 123 Å². The minimum absolute atomic E-state index is 0.0384. The number of carboxylic acids is 2. The van der Waals surface area contributed by atoms with Gasteiger partial charge in [0.1, 0.15) is 16.7 Å². The monoisotopic (exact) mass is 296 g/mol. The fourth-order valence-corrected chi connectivity index (χ4v) is 3.08. The Bertz CT molecular complexity index is 565. The molecule has 0 aliphatic heterocycles. The van der Waals surface area contributed by atoms with E-state index in [1.807, 2.05) is 0 Å². The second-order valence-electron chi connectivity index (χ2n) is 7.24. The van der Waals surface area contributed by atoms with Crippen molar-refractivity contribution in [3.8, 4) is 0 Å². The van der Waals surface area contributed by atoms with Crippen molar-refractivity contribution in [1.29, 1.82) is 0 Å². The van der Waals surface area contributed by atoms with Gasteiger partial charge in [-0.25, -0.2) is 4.39 Å². The maximum Gasteiger partial charge on any atom is 0.320 e. The van der Waals surface area contributed by atoms with E-state index < -0.39 is 34.0 Å². The number of halogens is 1. The zero-order chi connectivity index (χ0) is 16.2. The first-order valence-electron chi connectivity index (χ1n) is 7.05. The molecule has 2 atom stereocenters. The van der Waals surface area contributed by atoms with E-state index in [1.165, 1.54) is 13.0 Å². The first kappa shape index (κ1) is 15.7. The van der Waals surface area contributed by atoms with Gasteiger partial charge in [-0.05, 0) is 42.7 Å². The van der Waals surface area contributed by atoms with Crippen molar-refractivity contribution in [2.24, 2.45) is 22.2 Å². The van der Waals surface area contributed by atoms with Crippen LogP contribution in [0.1, 0.15) is 40.5 Å². The predicted molar refractivity (Wildman–Crippen MR) is 75.3 cm³/mol. The molecule has 2 aliphatic rings. The number of carboxylic acid groups (broad SMARTS) is 2. The van der Waals surface area contributed by atoms with Crippen LogP contribution in [-0.4, -0.2) is 22.2 Å². The smallest absolute Gasteiger partial charge is 0.320 e. The fourth-order valence-electron chi connectivity index (χ4n) is 3.08. The molecule has 2 aliphatic carbocycles. The Balaban J connectivity index is 2.71. The van der Waals surface area contributed by atoms with Gasteiger partial charge in [0, 0.05) is 0 Å². The molecule has 0 spiro atoms. The summed E-state index contributed by atoms with van der Waals surface area (Å²) in [5.41, 5.74) is -3.65. The zero-order valence-electron chi connectivity index (χ0n) is 12.7. The topological polar surface area (TPSA) is 74.6 Å². The molecule has 5 heteroatoms. The summed E-state index contributed by atoms with van der Waals surface area (Å²) >= 11 is 0. The molecule has 21 heavy (non-hydrogen) atoms. The van der Waals surface area contributed by atoms with Crippen molar-refractivity contribution in [2.45, 2.75) is 40.5 Å². The highest BCUT2D eigenvalue weighted by Crippen LogP contribution is 2.57. The van der Waals surface area contributed by atoms with E-state index in [9.17, 15) is 24.2 Å². The Hall–Kier alpha value is -1.65. The summed E-state index contributed by atoms with van der Waals surface area (Å²) in [6, 6.07) is 0. The minimum Gasteiger partial charge on any atom is -0.480 e. The molecule has 0 heterocycles. The molecule has 0 aromatic rings. The highest BCUT2D eigenvalue weighted by molar-refractivity contribution is 5.87. The van der Waals surface area contributed by atoms with E-state index in [4.69, 9.17) is 0 Å². The summed E-state index contributed by atoms with van der Waals surface area (Å²) in [7, 11) is 0. The van der Waals surface area contributed by atoms with Gasteiger partial charge in [-0.3, -0.25) is 9.59 Å². The minimum atomic E-state index is -1.81. The van der Waals surface area contributed by atoms with Gasteiger partial charge in [-0.2, -0.15) is 0 Å². The van der Waals surface area contributed by atoms with Gasteiger partial charge in [0.05, 0.1) is 0 Å². The highest BCUT2D eigenvalue weighted by Gasteiger charge is 2.58. The predicted octanol–water partition coefficient (Wildman–Crippen LogP) is 3.40. The van der Waals surface area contributed by atoms with E-state index in [0.29, 0.717) is 5.57 Å². The van der Waals surface area contributed by atoms with Crippen LogP contribution < -0.4 is 0 Å². The third-order valence-electron chi connectivity index (χ3n) is 4.75. The van der Waals surface area contributed by atoms with E-state index in [2.05, 4.69) is 0 Å². The Morgan fingerprint density at radius 1 is 1.19 bits per heavy atom. The number of hydrogen-bond acceptors (Lipinski definition) is 2. The summed E-state index contributed by atoms with van der Waals surface area (Å²) < 4.78 is 14.7. The molecule has 0 radical (unpaired) electrons. The molecular weight excluding hydrogens is 275 g/mol. The second-order valence-corrected chi connectivity index (χ2v) is 7.24. The third kappa shape index (κ3) is 2.10. The molecule has 0 bridgehead atoms. The average Bonchev–Trinajstić information content (AvgIpc) is 3.10. The third-order valence-corrected chi connectivity index (χ3v) is 4.75. The first-order chi connectivity index (χ1) is 9.46. The van der Waals surface area contributed by atoms with Crippen LogP contribution in [0.2, 0.25) is 0 Å². The van der Waals surface area contributed by atoms with Crippen molar-refractivity contribution in [3.63, 3.8) is 0 Å². The number of aliphatic carboxylic acids is 2. The maximum absolute atomic E-state index is 14.7. The van der Waals surface area contributed by atoms with Crippen LogP contribution in [0.15, 0.2) is 23.6 Å². The van der Waals surface area contributed by atoms with Crippen molar-refractivity contribution in [3.05, 3.63) is 23.6 Å². The van der Waals surface area contributed by atoms with E-state index in [-0.39, 0.29) is 5.92 Å². The van der Waals surface area contributed by atoms with Crippen molar-refractivity contribution in [2.75, 3.05) is 0 Å². The van der Waals surface area contributed by atoms with E-state index in [1.54, 1.807) is 20.8 Å². The zero-order valence-corrected chi connectivity index (χ0v) is 12.7. The van der Waals surface area contributed by atoms with Gasteiger partial charge in [0.25, 0.3) is 0 Å². The molecule has 4 nitrogen and oxygen atoms in total. The fraction of sp³-hybridized carbons (Fsp3) is 0.625. The second kappa shape index (κ2) is 4.42. The molecule has 1 fully saturated rings. The first-order valence-corrected chi connectivity index (χ1v) is 7.05. The molecular formula is C16H21FO4. The normalized spacial score (nSPS) is 33.2. The maximum atomic E-state index is 14.7. The lowest BCUT2D eigenvalue weighted by atomic mass is 9.59. The summed E-state index contributed by atoms with van der Waals surface area (Å²) in [5, 5.41) is 19.1. The Morgan fingerprint density at radius 3 is 2.05 bits per heavy atom. The van der Waals surface area contributed by atoms with Crippen LogP contribution >= 0.6 is 0 Å². The van der Waals surface area contributed by atoms with Crippen LogP contribution in [0.5, 0.6) is 0 Å². The number of carbonyl (C=O) groups is 2. The van der Waals surface area contributed by atoms with Gasteiger partial charge in [-0.1, -0.05) is 26.8 Å². The van der Waals surface area contributed by atoms with Gasteiger partial charge < -0.3 is 10.2 Å². The summed E-state index contributed by atoms with van der Waals surface area (Å²) in [6.07, 6.45) is 4.01. The van der Waals surface area contributed by atoms with Crippen molar-refractivity contribution >= 4 is 11.9 Å². The highest BCUT2D eigenvalue weighted by atomic mass is 19.1.